The lowest BCUT2D eigenvalue weighted by atomic mass is 10.1. The zero-order valence-corrected chi connectivity index (χ0v) is 10.00. The summed E-state index contributed by atoms with van der Waals surface area (Å²) < 4.78 is 5.58. The van der Waals surface area contributed by atoms with Crippen LogP contribution in [0, 0.1) is 11.3 Å². The summed E-state index contributed by atoms with van der Waals surface area (Å²) in [7, 11) is 0. The van der Waals surface area contributed by atoms with Crippen LogP contribution in [0.15, 0.2) is 18.2 Å². The Bertz CT molecular complexity index is 387. The van der Waals surface area contributed by atoms with Crippen molar-refractivity contribution in [2.24, 2.45) is 5.73 Å². The van der Waals surface area contributed by atoms with Crippen molar-refractivity contribution >= 4 is 11.6 Å². The molecule has 0 fully saturated rings. The number of hydrogen-bond donors (Lipinski definition) is 1. The van der Waals surface area contributed by atoms with Crippen molar-refractivity contribution in [3.63, 3.8) is 0 Å². The van der Waals surface area contributed by atoms with Gasteiger partial charge in [-0.15, -0.1) is 0 Å². The molecule has 4 heteroatoms. The van der Waals surface area contributed by atoms with Crippen LogP contribution in [-0.2, 0) is 6.42 Å². The second-order valence-corrected chi connectivity index (χ2v) is 3.81. The molecule has 0 aliphatic rings. The highest BCUT2D eigenvalue weighted by molar-refractivity contribution is 6.31. The Morgan fingerprint density at radius 2 is 2.31 bits per heavy atom. The minimum Gasteiger partial charge on any atom is -0.475 e. The van der Waals surface area contributed by atoms with Gasteiger partial charge < -0.3 is 10.5 Å². The van der Waals surface area contributed by atoms with Crippen molar-refractivity contribution in [1.82, 2.24) is 0 Å². The van der Waals surface area contributed by atoms with E-state index in [1.54, 1.807) is 6.07 Å². The van der Waals surface area contributed by atoms with Crippen LogP contribution in [0.25, 0.3) is 0 Å². The Labute approximate surface area is 101 Å². The maximum absolute atomic E-state index is 8.84. The summed E-state index contributed by atoms with van der Waals surface area (Å²) in [5.41, 5.74) is 6.39. The third-order valence-corrected chi connectivity index (χ3v) is 2.61. The molecule has 2 N–H and O–H groups in total. The molecule has 3 nitrogen and oxygen atoms in total. The van der Waals surface area contributed by atoms with Gasteiger partial charge in [-0.05, 0) is 31.5 Å². The van der Waals surface area contributed by atoms with E-state index in [0.29, 0.717) is 30.2 Å². The summed E-state index contributed by atoms with van der Waals surface area (Å²) in [6.45, 7) is 2.41. The minimum atomic E-state index is -0.435. The van der Waals surface area contributed by atoms with Crippen molar-refractivity contribution < 1.29 is 4.74 Å². The van der Waals surface area contributed by atoms with Crippen LogP contribution < -0.4 is 10.5 Å². The molecule has 0 aliphatic carbocycles. The van der Waals surface area contributed by atoms with Crippen LogP contribution >= 0.6 is 11.6 Å². The first kappa shape index (κ1) is 12.8. The highest BCUT2D eigenvalue weighted by Gasteiger charge is 2.11. The van der Waals surface area contributed by atoms with E-state index in [0.717, 1.165) is 5.56 Å². The molecule has 16 heavy (non-hydrogen) atoms. The maximum atomic E-state index is 8.84. The highest BCUT2D eigenvalue weighted by atomic mass is 35.5. The minimum absolute atomic E-state index is 0.435. The van der Waals surface area contributed by atoms with Crippen LogP contribution in [0.4, 0.5) is 0 Å². The lowest BCUT2D eigenvalue weighted by molar-refractivity contribution is 0.249. The molecule has 0 spiro atoms. The molecule has 0 aliphatic heterocycles. The summed E-state index contributed by atoms with van der Waals surface area (Å²) in [6, 6.07) is 7.51. The van der Waals surface area contributed by atoms with E-state index in [9.17, 15) is 0 Å². The fraction of sp³-hybridized carbons (Fsp3) is 0.417. The molecule has 0 bridgehead atoms. The van der Waals surface area contributed by atoms with Crippen molar-refractivity contribution in [2.45, 2.75) is 25.9 Å². The summed E-state index contributed by atoms with van der Waals surface area (Å²) in [6.07, 6.45) is 0.858. The Morgan fingerprint density at radius 1 is 1.56 bits per heavy atom. The first-order valence-electron chi connectivity index (χ1n) is 5.26. The van der Waals surface area contributed by atoms with Gasteiger partial charge in [0.05, 0.1) is 0 Å². The largest absolute Gasteiger partial charge is 0.475 e. The summed E-state index contributed by atoms with van der Waals surface area (Å²) >= 11 is 6.06. The van der Waals surface area contributed by atoms with Gasteiger partial charge in [0.2, 0.25) is 0 Å². The predicted octanol–water partition coefficient (Wildman–Crippen LogP) is 2.52. The zero-order chi connectivity index (χ0) is 12.0. The number of nitrogens with zero attached hydrogens (tertiary/aromatic N) is 1. The molecular formula is C12H15ClN2O. The van der Waals surface area contributed by atoms with Crippen LogP contribution in [0.3, 0.4) is 0 Å². The Kier molecular flexibility index (Phi) is 5.10. The summed E-state index contributed by atoms with van der Waals surface area (Å²) in [5, 5.41) is 9.48. The van der Waals surface area contributed by atoms with Crippen LogP contribution in [0.2, 0.25) is 5.02 Å². The van der Waals surface area contributed by atoms with E-state index >= 15 is 0 Å². The van der Waals surface area contributed by atoms with E-state index in [4.69, 9.17) is 27.3 Å². The fourth-order valence-electron chi connectivity index (χ4n) is 1.39. The van der Waals surface area contributed by atoms with Crippen molar-refractivity contribution in [3.05, 3.63) is 28.8 Å². The third kappa shape index (κ3) is 3.13. The fourth-order valence-corrected chi connectivity index (χ4v) is 1.65. The molecule has 1 rings (SSSR count). The number of halogens is 1. The van der Waals surface area contributed by atoms with Gasteiger partial charge in [0, 0.05) is 10.6 Å². The van der Waals surface area contributed by atoms with Gasteiger partial charge in [-0.3, -0.25) is 0 Å². The molecule has 0 aromatic heterocycles. The third-order valence-electron chi connectivity index (χ3n) is 2.25. The standard InChI is InChI=1S/C12H15ClN2O/c1-2-9(8-15)16-12-5-3-4-11(13)10(12)6-7-14/h3-5,9H,2,6-7,14H2,1H3. The smallest absolute Gasteiger partial charge is 0.184 e. The zero-order valence-electron chi connectivity index (χ0n) is 9.24. The number of hydrogen-bond acceptors (Lipinski definition) is 3. The Balaban J connectivity index is 2.94. The average molecular weight is 239 g/mol. The molecular weight excluding hydrogens is 224 g/mol. The predicted molar refractivity (Wildman–Crippen MR) is 64.5 cm³/mol. The molecule has 1 unspecified atom stereocenters. The molecule has 0 amide bonds. The van der Waals surface area contributed by atoms with E-state index in [2.05, 4.69) is 6.07 Å². The highest BCUT2D eigenvalue weighted by Crippen LogP contribution is 2.27. The normalized spacial score (nSPS) is 11.9. The number of ether oxygens (including phenoxy) is 1. The molecule has 86 valence electrons. The van der Waals surface area contributed by atoms with E-state index in [1.807, 2.05) is 19.1 Å². The average Bonchev–Trinajstić information content (AvgIpc) is 2.30. The molecule has 1 aromatic rings. The number of rotatable bonds is 5. The molecule has 0 saturated heterocycles. The molecule has 1 aromatic carbocycles. The molecule has 1 atom stereocenters. The number of nitriles is 1. The van der Waals surface area contributed by atoms with Crippen molar-refractivity contribution in [2.75, 3.05) is 6.54 Å². The van der Waals surface area contributed by atoms with Gasteiger partial charge in [0.1, 0.15) is 11.8 Å². The van der Waals surface area contributed by atoms with Gasteiger partial charge in [-0.2, -0.15) is 5.26 Å². The number of nitrogens with two attached hydrogens (primary N) is 1. The summed E-state index contributed by atoms with van der Waals surface area (Å²) in [4.78, 5) is 0. The number of benzene rings is 1. The first-order chi connectivity index (χ1) is 7.72. The molecule has 0 heterocycles. The summed E-state index contributed by atoms with van der Waals surface area (Å²) in [5.74, 6) is 0.659. The second-order valence-electron chi connectivity index (χ2n) is 3.40. The SMILES string of the molecule is CCC(C#N)Oc1cccc(Cl)c1CCN. The molecule has 0 saturated carbocycles. The lowest BCUT2D eigenvalue weighted by Gasteiger charge is -2.15. The molecule has 0 radical (unpaired) electrons. The van der Waals surface area contributed by atoms with E-state index in [1.165, 1.54) is 0 Å². The van der Waals surface area contributed by atoms with Crippen molar-refractivity contribution in [1.29, 1.82) is 5.26 Å². The van der Waals surface area contributed by atoms with Crippen LogP contribution in [0.1, 0.15) is 18.9 Å². The monoisotopic (exact) mass is 238 g/mol. The van der Waals surface area contributed by atoms with Gasteiger partial charge >= 0.3 is 0 Å². The maximum Gasteiger partial charge on any atom is 0.184 e. The van der Waals surface area contributed by atoms with Gasteiger partial charge in [-0.1, -0.05) is 24.6 Å². The van der Waals surface area contributed by atoms with Gasteiger partial charge in [0.15, 0.2) is 6.10 Å². The van der Waals surface area contributed by atoms with Crippen LogP contribution in [0.5, 0.6) is 5.75 Å². The quantitative estimate of drug-likeness (QED) is 0.858. The van der Waals surface area contributed by atoms with Crippen molar-refractivity contribution in [3.8, 4) is 11.8 Å². The van der Waals surface area contributed by atoms with Gasteiger partial charge in [0.25, 0.3) is 0 Å². The lowest BCUT2D eigenvalue weighted by Crippen LogP contribution is -2.14. The topological polar surface area (TPSA) is 59.0 Å². The Morgan fingerprint density at radius 3 is 2.88 bits per heavy atom. The first-order valence-corrected chi connectivity index (χ1v) is 5.64. The van der Waals surface area contributed by atoms with E-state index < -0.39 is 6.10 Å². The second kappa shape index (κ2) is 6.37. The van der Waals surface area contributed by atoms with Gasteiger partial charge in [-0.25, -0.2) is 0 Å². The Hall–Kier alpha value is -1.24. The van der Waals surface area contributed by atoms with Crippen LogP contribution in [-0.4, -0.2) is 12.6 Å². The van der Waals surface area contributed by atoms with E-state index in [-0.39, 0.29) is 0 Å².